The molecule has 4 nitrogen and oxygen atoms in total. The molecule has 2 aromatic heterocycles. The summed E-state index contributed by atoms with van der Waals surface area (Å²) >= 11 is 1.45. The third-order valence-corrected chi connectivity index (χ3v) is 6.59. The molecule has 30 heavy (non-hydrogen) atoms. The number of hydrogen-bond acceptors (Lipinski definition) is 3. The molecule has 0 unspecified atom stereocenters. The van der Waals surface area contributed by atoms with Crippen molar-refractivity contribution in [2.24, 2.45) is 0 Å². The molecule has 3 aromatic carbocycles. The summed E-state index contributed by atoms with van der Waals surface area (Å²) in [4.78, 5) is 27.1. The van der Waals surface area contributed by atoms with Crippen LogP contribution >= 0.6 is 11.3 Å². The number of thiophene rings is 1. The van der Waals surface area contributed by atoms with Crippen molar-refractivity contribution >= 4 is 31.6 Å². The number of hydrogen-bond donors (Lipinski definition) is 0. The van der Waals surface area contributed by atoms with Crippen molar-refractivity contribution in [1.82, 2.24) is 9.13 Å². The third kappa shape index (κ3) is 2.99. The van der Waals surface area contributed by atoms with E-state index in [1.807, 2.05) is 78.9 Å². The van der Waals surface area contributed by atoms with Gasteiger partial charge in [0.1, 0.15) is 4.70 Å². The lowest BCUT2D eigenvalue weighted by Crippen LogP contribution is -2.38. The molecule has 0 saturated carbocycles. The van der Waals surface area contributed by atoms with E-state index in [0.29, 0.717) is 16.9 Å². The van der Waals surface area contributed by atoms with Crippen molar-refractivity contribution < 1.29 is 0 Å². The molecular formula is C25H20N2O2S. The topological polar surface area (TPSA) is 44.0 Å². The highest BCUT2D eigenvalue weighted by atomic mass is 32.1. The monoisotopic (exact) mass is 412 g/mol. The third-order valence-electron chi connectivity index (χ3n) is 5.45. The Bertz CT molecular complexity index is 1480. The van der Waals surface area contributed by atoms with Crippen molar-refractivity contribution in [3.63, 3.8) is 0 Å². The van der Waals surface area contributed by atoms with E-state index < -0.39 is 0 Å². The first-order chi connectivity index (χ1) is 14.7. The molecule has 0 aliphatic heterocycles. The molecule has 0 aliphatic rings. The van der Waals surface area contributed by atoms with E-state index >= 15 is 0 Å². The van der Waals surface area contributed by atoms with E-state index in [0.717, 1.165) is 27.6 Å². The Labute approximate surface area is 177 Å². The fourth-order valence-electron chi connectivity index (χ4n) is 3.87. The molecule has 0 fully saturated rings. The Morgan fingerprint density at radius 3 is 2.23 bits per heavy atom. The Hall–Kier alpha value is -3.44. The first-order valence-electron chi connectivity index (χ1n) is 9.97. The minimum atomic E-state index is -0.316. The van der Waals surface area contributed by atoms with Gasteiger partial charge >= 0.3 is 5.69 Å². The van der Waals surface area contributed by atoms with Gasteiger partial charge in [0.05, 0.1) is 17.7 Å². The number of nitrogens with zero attached hydrogens (tertiary/aromatic N) is 2. The largest absolute Gasteiger partial charge is 0.336 e. The van der Waals surface area contributed by atoms with E-state index in [2.05, 4.69) is 6.92 Å². The smallest absolute Gasteiger partial charge is 0.287 e. The standard InChI is InChI=1S/C25H20N2O2S/c1-2-17-12-14-19(15-13-17)27-24(28)23-22(20-10-6-7-11-21(20)30-23)26(25(27)29)16-18-8-4-3-5-9-18/h3-15H,2,16H2,1H3. The summed E-state index contributed by atoms with van der Waals surface area (Å²) in [5.41, 5.74) is 2.93. The van der Waals surface area contributed by atoms with Crippen molar-refractivity contribution in [2.75, 3.05) is 0 Å². The number of benzene rings is 3. The minimum absolute atomic E-state index is 0.259. The highest BCUT2D eigenvalue weighted by Crippen LogP contribution is 2.31. The molecule has 148 valence electrons. The number of aryl methyl sites for hydroxylation is 1. The molecule has 5 aromatic rings. The second-order valence-electron chi connectivity index (χ2n) is 7.29. The van der Waals surface area contributed by atoms with Crippen LogP contribution < -0.4 is 11.2 Å². The van der Waals surface area contributed by atoms with Crippen LogP contribution in [0.5, 0.6) is 0 Å². The van der Waals surface area contributed by atoms with Crippen molar-refractivity contribution in [3.05, 3.63) is 111 Å². The van der Waals surface area contributed by atoms with Gasteiger partial charge in [0.25, 0.3) is 5.56 Å². The average Bonchev–Trinajstić information content (AvgIpc) is 3.18. The van der Waals surface area contributed by atoms with E-state index in [9.17, 15) is 9.59 Å². The van der Waals surface area contributed by atoms with Crippen LogP contribution in [-0.4, -0.2) is 9.13 Å². The van der Waals surface area contributed by atoms with Crippen LogP contribution in [0.25, 0.3) is 26.0 Å². The van der Waals surface area contributed by atoms with Crippen LogP contribution in [-0.2, 0) is 13.0 Å². The lowest BCUT2D eigenvalue weighted by atomic mass is 10.1. The lowest BCUT2D eigenvalue weighted by Gasteiger charge is -2.13. The van der Waals surface area contributed by atoms with E-state index in [1.54, 1.807) is 4.57 Å². The van der Waals surface area contributed by atoms with Crippen molar-refractivity contribution in [2.45, 2.75) is 19.9 Å². The quantitative estimate of drug-likeness (QED) is 0.418. The number of rotatable bonds is 4. The van der Waals surface area contributed by atoms with Gasteiger partial charge in [-0.1, -0.05) is 67.6 Å². The SMILES string of the molecule is CCc1ccc(-n2c(=O)c3sc4ccccc4c3n(Cc3ccccc3)c2=O)cc1. The molecule has 0 radical (unpaired) electrons. The lowest BCUT2D eigenvalue weighted by molar-refractivity contribution is 0.718. The summed E-state index contributed by atoms with van der Waals surface area (Å²) in [6.07, 6.45) is 0.906. The van der Waals surface area contributed by atoms with E-state index in [4.69, 9.17) is 0 Å². The van der Waals surface area contributed by atoms with Crippen molar-refractivity contribution in [3.8, 4) is 5.69 Å². The van der Waals surface area contributed by atoms with Crippen LogP contribution in [0.2, 0.25) is 0 Å². The molecule has 5 rings (SSSR count). The summed E-state index contributed by atoms with van der Waals surface area (Å²) < 4.78 is 4.65. The summed E-state index contributed by atoms with van der Waals surface area (Å²) in [5, 5.41) is 0.941. The molecular weight excluding hydrogens is 392 g/mol. The van der Waals surface area contributed by atoms with Gasteiger partial charge in [-0.15, -0.1) is 11.3 Å². The van der Waals surface area contributed by atoms with Crippen LogP contribution in [0.4, 0.5) is 0 Å². The molecule has 0 amide bonds. The zero-order valence-corrected chi connectivity index (χ0v) is 17.4. The van der Waals surface area contributed by atoms with Gasteiger partial charge in [0.15, 0.2) is 0 Å². The van der Waals surface area contributed by atoms with Crippen LogP contribution in [0.1, 0.15) is 18.1 Å². The average molecular weight is 413 g/mol. The summed E-state index contributed by atoms with van der Waals surface area (Å²) in [5.74, 6) is 0. The fourth-order valence-corrected chi connectivity index (χ4v) is 5.01. The van der Waals surface area contributed by atoms with Crippen LogP contribution in [0.3, 0.4) is 0 Å². The first kappa shape index (κ1) is 18.6. The van der Waals surface area contributed by atoms with Gasteiger partial charge < -0.3 is 0 Å². The zero-order valence-electron chi connectivity index (χ0n) is 16.5. The van der Waals surface area contributed by atoms with Gasteiger partial charge in [-0.25, -0.2) is 9.36 Å². The van der Waals surface area contributed by atoms with Gasteiger partial charge in [-0.05, 0) is 35.7 Å². The second kappa shape index (κ2) is 7.43. The normalized spacial score (nSPS) is 11.4. The summed E-state index contributed by atoms with van der Waals surface area (Å²) in [6, 6.07) is 25.4. The Morgan fingerprint density at radius 2 is 1.50 bits per heavy atom. The molecule has 0 atom stereocenters. The highest BCUT2D eigenvalue weighted by Gasteiger charge is 2.19. The Kier molecular flexibility index (Phi) is 4.60. The maximum Gasteiger partial charge on any atom is 0.336 e. The van der Waals surface area contributed by atoms with E-state index in [1.165, 1.54) is 21.5 Å². The Balaban J connectivity index is 1.86. The minimum Gasteiger partial charge on any atom is -0.287 e. The second-order valence-corrected chi connectivity index (χ2v) is 8.34. The summed E-state index contributed by atoms with van der Waals surface area (Å²) in [6.45, 7) is 2.49. The van der Waals surface area contributed by atoms with Gasteiger partial charge in [0.2, 0.25) is 0 Å². The molecule has 0 N–H and O–H groups in total. The molecule has 0 spiro atoms. The molecule has 5 heteroatoms. The van der Waals surface area contributed by atoms with Gasteiger partial charge in [0, 0.05) is 10.1 Å². The summed E-state index contributed by atoms with van der Waals surface area (Å²) in [7, 11) is 0. The van der Waals surface area contributed by atoms with Crippen molar-refractivity contribution in [1.29, 1.82) is 0 Å². The van der Waals surface area contributed by atoms with Gasteiger partial charge in [-0.2, -0.15) is 0 Å². The molecule has 2 heterocycles. The first-order valence-corrected chi connectivity index (χ1v) is 10.8. The van der Waals surface area contributed by atoms with Crippen LogP contribution in [0.15, 0.2) is 88.5 Å². The highest BCUT2D eigenvalue weighted by molar-refractivity contribution is 7.25. The predicted octanol–water partition coefficient (Wildman–Crippen LogP) is 4.98. The number of aromatic nitrogens is 2. The maximum atomic E-state index is 13.6. The van der Waals surface area contributed by atoms with E-state index in [-0.39, 0.29) is 11.2 Å². The zero-order chi connectivity index (χ0) is 20.7. The fraction of sp³-hybridized carbons (Fsp3) is 0.120. The molecule has 0 saturated heterocycles. The van der Waals surface area contributed by atoms with Crippen LogP contribution in [0, 0.1) is 0 Å². The molecule has 0 bridgehead atoms. The predicted molar refractivity (Wildman–Crippen MR) is 124 cm³/mol. The molecule has 0 aliphatic carbocycles. The maximum absolute atomic E-state index is 13.6. The Morgan fingerprint density at radius 1 is 0.800 bits per heavy atom. The number of fused-ring (bicyclic) bond motifs is 3. The van der Waals surface area contributed by atoms with Gasteiger partial charge in [-0.3, -0.25) is 9.36 Å².